The molecule has 7 nitrogen and oxygen atoms in total. The summed E-state index contributed by atoms with van der Waals surface area (Å²) in [5, 5.41) is 17.7. The lowest BCUT2D eigenvalue weighted by Gasteiger charge is -2.27. The predicted octanol–water partition coefficient (Wildman–Crippen LogP) is 1.31. The smallest absolute Gasteiger partial charge is 0.259 e. The largest absolute Gasteiger partial charge is 0.388 e. The summed E-state index contributed by atoms with van der Waals surface area (Å²) in [4.78, 5) is 27.3. The minimum atomic E-state index is -1.02. The highest BCUT2D eigenvalue weighted by Crippen LogP contribution is 2.16. The maximum atomic E-state index is 12.4. The number of hydrogen-bond donors (Lipinski definition) is 3. The summed E-state index contributed by atoms with van der Waals surface area (Å²) in [5.41, 5.74) is -0.0669. The third-order valence-electron chi connectivity index (χ3n) is 4.47. The molecule has 0 aliphatic carbocycles. The maximum Gasteiger partial charge on any atom is 0.259 e. The van der Waals surface area contributed by atoms with Crippen LogP contribution in [0.4, 0.5) is 0 Å². The van der Waals surface area contributed by atoms with Crippen LogP contribution in [0, 0.1) is 5.92 Å². The van der Waals surface area contributed by atoms with Crippen molar-refractivity contribution in [1.29, 1.82) is 0 Å². The first-order valence-corrected chi connectivity index (χ1v) is 7.80. The lowest BCUT2D eigenvalue weighted by atomic mass is 9.92. The molecule has 0 saturated carbocycles. The van der Waals surface area contributed by atoms with Crippen LogP contribution in [-0.2, 0) is 0 Å². The lowest BCUT2D eigenvalue weighted by Crippen LogP contribution is -2.44. The summed E-state index contributed by atoms with van der Waals surface area (Å²) in [6, 6.07) is 7.06. The summed E-state index contributed by atoms with van der Waals surface area (Å²) in [6.45, 7) is 5.54. The molecule has 126 valence electrons. The number of rotatable bonds is 4. The number of nitrogens with one attached hydrogen (secondary N) is 2. The molecule has 0 saturated heterocycles. The maximum absolute atomic E-state index is 12.4. The van der Waals surface area contributed by atoms with E-state index < -0.39 is 11.5 Å². The van der Waals surface area contributed by atoms with Crippen LogP contribution >= 0.6 is 0 Å². The van der Waals surface area contributed by atoms with E-state index in [-0.39, 0.29) is 23.6 Å². The van der Waals surface area contributed by atoms with Gasteiger partial charge in [0, 0.05) is 6.54 Å². The number of amides is 1. The van der Waals surface area contributed by atoms with E-state index in [0.717, 1.165) is 0 Å². The first-order valence-electron chi connectivity index (χ1n) is 7.80. The van der Waals surface area contributed by atoms with Crippen LogP contribution < -0.4 is 10.9 Å². The Morgan fingerprint density at radius 1 is 1.42 bits per heavy atom. The normalized spacial score (nSPS) is 14.2. The molecule has 3 aromatic rings. The second kappa shape index (κ2) is 5.76. The van der Waals surface area contributed by atoms with Crippen LogP contribution in [-0.4, -0.2) is 37.8 Å². The van der Waals surface area contributed by atoms with Gasteiger partial charge in [0.2, 0.25) is 0 Å². The summed E-state index contributed by atoms with van der Waals surface area (Å²) in [7, 11) is 0. The van der Waals surface area contributed by atoms with Gasteiger partial charge in [-0.2, -0.15) is 5.10 Å². The van der Waals surface area contributed by atoms with Gasteiger partial charge in [0.05, 0.1) is 22.7 Å². The van der Waals surface area contributed by atoms with Crippen molar-refractivity contribution in [3.63, 3.8) is 0 Å². The highest BCUT2D eigenvalue weighted by Gasteiger charge is 2.26. The van der Waals surface area contributed by atoms with E-state index in [1.54, 1.807) is 25.1 Å². The fraction of sp³-hybridized carbons (Fsp3) is 0.353. The fourth-order valence-corrected chi connectivity index (χ4v) is 2.40. The van der Waals surface area contributed by atoms with E-state index in [1.807, 2.05) is 19.9 Å². The Hall–Kier alpha value is -2.67. The molecule has 0 aliphatic heterocycles. The number of aliphatic hydroxyl groups is 1. The van der Waals surface area contributed by atoms with Crippen molar-refractivity contribution >= 4 is 22.5 Å². The van der Waals surface area contributed by atoms with Gasteiger partial charge in [0.1, 0.15) is 11.2 Å². The fourth-order valence-electron chi connectivity index (χ4n) is 2.40. The monoisotopic (exact) mass is 328 g/mol. The zero-order chi connectivity index (χ0) is 17.5. The van der Waals surface area contributed by atoms with Crippen LogP contribution in [0.15, 0.2) is 35.3 Å². The van der Waals surface area contributed by atoms with E-state index in [4.69, 9.17) is 0 Å². The van der Waals surface area contributed by atoms with E-state index >= 15 is 0 Å². The average molecular weight is 328 g/mol. The predicted molar refractivity (Wildman–Crippen MR) is 91.1 cm³/mol. The molecule has 0 radical (unpaired) electrons. The Kier molecular flexibility index (Phi) is 3.88. The number of carbonyl (C=O) groups is 1. The van der Waals surface area contributed by atoms with Crippen molar-refractivity contribution in [1.82, 2.24) is 19.9 Å². The van der Waals surface area contributed by atoms with Gasteiger partial charge in [-0.1, -0.05) is 26.0 Å². The first-order chi connectivity index (χ1) is 11.3. The molecule has 0 aliphatic rings. The zero-order valence-corrected chi connectivity index (χ0v) is 13.8. The molecule has 3 rings (SSSR count). The summed E-state index contributed by atoms with van der Waals surface area (Å²) in [6.07, 6.45) is 1.41. The number of carbonyl (C=O) groups excluding carboxylic acids is 1. The van der Waals surface area contributed by atoms with Crippen LogP contribution in [0.25, 0.3) is 16.6 Å². The molecule has 7 heteroatoms. The Morgan fingerprint density at radius 2 is 2.12 bits per heavy atom. The van der Waals surface area contributed by atoms with Crippen LogP contribution in [0.3, 0.4) is 0 Å². The molecule has 1 unspecified atom stereocenters. The SMILES string of the molecule is CC(C)C(C)(O)CNC(=O)c1cnn2c1[nH]c(=O)c1ccccc12. The number of nitrogens with zero attached hydrogens (tertiary/aromatic N) is 2. The van der Waals surface area contributed by atoms with E-state index in [2.05, 4.69) is 15.4 Å². The number of para-hydroxylation sites is 1. The molecule has 3 N–H and O–H groups in total. The van der Waals surface area contributed by atoms with Gasteiger partial charge in [-0.05, 0) is 25.0 Å². The third-order valence-corrected chi connectivity index (χ3v) is 4.47. The Balaban J connectivity index is 1.99. The van der Waals surface area contributed by atoms with E-state index in [1.165, 1.54) is 10.7 Å². The first kappa shape index (κ1) is 16.2. The number of fused-ring (bicyclic) bond motifs is 3. The molecule has 24 heavy (non-hydrogen) atoms. The molecule has 0 bridgehead atoms. The number of hydrogen-bond acceptors (Lipinski definition) is 4. The number of aromatic amines is 1. The second-order valence-corrected chi connectivity index (χ2v) is 6.48. The highest BCUT2D eigenvalue weighted by molar-refractivity contribution is 6.00. The number of aromatic nitrogens is 3. The van der Waals surface area contributed by atoms with Gasteiger partial charge in [-0.3, -0.25) is 9.59 Å². The van der Waals surface area contributed by atoms with Gasteiger partial charge in [-0.25, -0.2) is 4.52 Å². The summed E-state index contributed by atoms with van der Waals surface area (Å²) >= 11 is 0. The molecule has 1 atom stereocenters. The van der Waals surface area contributed by atoms with E-state index in [0.29, 0.717) is 16.6 Å². The topological polar surface area (TPSA) is 99.5 Å². The zero-order valence-electron chi connectivity index (χ0n) is 13.8. The van der Waals surface area contributed by atoms with Crippen LogP contribution in [0.5, 0.6) is 0 Å². The molecule has 0 spiro atoms. The van der Waals surface area contributed by atoms with Crippen molar-refractivity contribution in [2.24, 2.45) is 5.92 Å². The Bertz CT molecular complexity index is 969. The van der Waals surface area contributed by atoms with E-state index in [9.17, 15) is 14.7 Å². The van der Waals surface area contributed by atoms with Gasteiger partial charge >= 0.3 is 0 Å². The number of H-pyrrole nitrogens is 1. The van der Waals surface area contributed by atoms with Crippen molar-refractivity contribution in [2.45, 2.75) is 26.4 Å². The molecule has 2 heterocycles. The highest BCUT2D eigenvalue weighted by atomic mass is 16.3. The summed E-state index contributed by atoms with van der Waals surface area (Å²) in [5.74, 6) is -0.401. The van der Waals surface area contributed by atoms with Gasteiger partial charge in [0.15, 0.2) is 0 Å². The number of benzene rings is 1. The molecule has 1 aromatic carbocycles. The molecule has 2 aromatic heterocycles. The molecular weight excluding hydrogens is 308 g/mol. The minimum Gasteiger partial charge on any atom is -0.388 e. The minimum absolute atomic E-state index is 0.00884. The lowest BCUT2D eigenvalue weighted by molar-refractivity contribution is 0.0142. The van der Waals surface area contributed by atoms with Gasteiger partial charge in [0.25, 0.3) is 11.5 Å². The van der Waals surface area contributed by atoms with Gasteiger partial charge in [-0.15, -0.1) is 0 Å². The standard InChI is InChI=1S/C17H20N4O3/c1-10(2)17(3,24)9-18-15(22)12-8-19-21-13-7-5-4-6-11(13)16(23)20-14(12)21/h4-8,10,24H,9H2,1-3H3,(H,18,22)(H,20,23). The van der Waals surface area contributed by atoms with Crippen molar-refractivity contribution in [3.05, 3.63) is 46.4 Å². The van der Waals surface area contributed by atoms with Crippen molar-refractivity contribution in [3.8, 4) is 0 Å². The quantitative estimate of drug-likeness (QED) is 0.672. The van der Waals surface area contributed by atoms with Crippen molar-refractivity contribution < 1.29 is 9.90 Å². The Labute approximate surface area is 138 Å². The third kappa shape index (κ3) is 2.67. The summed E-state index contributed by atoms with van der Waals surface area (Å²) < 4.78 is 1.53. The molecule has 0 fully saturated rings. The van der Waals surface area contributed by atoms with Crippen molar-refractivity contribution in [2.75, 3.05) is 6.54 Å². The van der Waals surface area contributed by atoms with Crippen LogP contribution in [0.2, 0.25) is 0 Å². The molecule has 1 amide bonds. The van der Waals surface area contributed by atoms with Gasteiger partial charge < -0.3 is 15.4 Å². The molecular formula is C17H20N4O3. The second-order valence-electron chi connectivity index (χ2n) is 6.48. The average Bonchev–Trinajstić information content (AvgIpc) is 2.97. The Morgan fingerprint density at radius 3 is 2.83 bits per heavy atom. The van der Waals surface area contributed by atoms with Crippen LogP contribution in [0.1, 0.15) is 31.1 Å².